The van der Waals surface area contributed by atoms with Crippen LogP contribution in [0.3, 0.4) is 0 Å². The minimum Gasteiger partial charge on any atom is -0.463 e. The van der Waals surface area contributed by atoms with Gasteiger partial charge in [-0.1, -0.05) is 38.5 Å². The van der Waals surface area contributed by atoms with Crippen molar-refractivity contribution in [1.29, 1.82) is 0 Å². The van der Waals surface area contributed by atoms with Crippen LogP contribution < -0.4 is 0 Å². The van der Waals surface area contributed by atoms with Crippen LogP contribution in [0.25, 0.3) is 0 Å². The van der Waals surface area contributed by atoms with E-state index in [4.69, 9.17) is 9.47 Å². The number of ether oxygens (including phenoxy) is 2. The van der Waals surface area contributed by atoms with Crippen molar-refractivity contribution < 1.29 is 27.8 Å². The highest BCUT2D eigenvalue weighted by atomic mass is 32.2. The lowest BCUT2D eigenvalue weighted by atomic mass is 9.97. The van der Waals surface area contributed by atoms with Gasteiger partial charge in [0.2, 0.25) is 0 Å². The van der Waals surface area contributed by atoms with E-state index in [2.05, 4.69) is 0 Å². The van der Waals surface area contributed by atoms with E-state index >= 15 is 0 Å². The summed E-state index contributed by atoms with van der Waals surface area (Å²) in [4.78, 5) is 11.7. The molecule has 1 aliphatic heterocycles. The maximum atomic E-state index is 13.0. The monoisotopic (exact) mass is 384 g/mol. The minimum atomic E-state index is -3.74. The van der Waals surface area contributed by atoms with Crippen LogP contribution in [-0.4, -0.2) is 43.2 Å². The molecule has 1 heterocycles. The van der Waals surface area contributed by atoms with Crippen molar-refractivity contribution in [2.24, 2.45) is 0 Å². The van der Waals surface area contributed by atoms with Gasteiger partial charge in [0.25, 0.3) is 0 Å². The summed E-state index contributed by atoms with van der Waals surface area (Å²) in [5.74, 6) is -2.10. The van der Waals surface area contributed by atoms with Gasteiger partial charge in [-0.05, 0) is 31.4 Å². The molecule has 1 saturated heterocycles. The van der Waals surface area contributed by atoms with Gasteiger partial charge in [0.1, 0.15) is 11.9 Å². The molecular weight excluding hydrogens is 356 g/mol. The molecular formula is C19H28O6S. The Balaban J connectivity index is 2.15. The van der Waals surface area contributed by atoms with Crippen molar-refractivity contribution in [1.82, 2.24) is 0 Å². The Morgan fingerprint density at radius 1 is 1.23 bits per heavy atom. The smallest absolute Gasteiger partial charge is 0.305 e. The molecule has 1 N–H and O–H groups in total. The predicted octanol–water partition coefficient (Wildman–Crippen LogP) is 2.84. The van der Waals surface area contributed by atoms with Gasteiger partial charge in [0.05, 0.1) is 11.0 Å². The standard InChI is InChI=1S/C19H28O6S/c1-3-8-18(20)24-14-15-11-12-17(19(21,25-15)13-4-2)26(22,23)16-9-6-5-7-10-16/h5-7,9-10,15,17,21H,3-4,8,11-14H2,1-2H3/t15-,17?,19?/m1/s1. The van der Waals surface area contributed by atoms with E-state index in [1.54, 1.807) is 18.2 Å². The van der Waals surface area contributed by atoms with Gasteiger partial charge >= 0.3 is 5.97 Å². The van der Waals surface area contributed by atoms with Crippen molar-refractivity contribution in [2.45, 2.75) is 74.4 Å². The fraction of sp³-hybridized carbons (Fsp3) is 0.632. The number of hydrogen-bond acceptors (Lipinski definition) is 6. The zero-order valence-electron chi connectivity index (χ0n) is 15.4. The van der Waals surface area contributed by atoms with Gasteiger partial charge in [0, 0.05) is 12.8 Å². The van der Waals surface area contributed by atoms with E-state index in [1.165, 1.54) is 12.1 Å². The number of benzene rings is 1. The van der Waals surface area contributed by atoms with Gasteiger partial charge in [-0.25, -0.2) is 8.42 Å². The number of hydrogen-bond donors (Lipinski definition) is 1. The van der Waals surface area contributed by atoms with Crippen LogP contribution in [0.15, 0.2) is 35.2 Å². The molecule has 26 heavy (non-hydrogen) atoms. The molecule has 146 valence electrons. The van der Waals surface area contributed by atoms with Crippen molar-refractivity contribution in [3.63, 3.8) is 0 Å². The molecule has 6 nitrogen and oxygen atoms in total. The lowest BCUT2D eigenvalue weighted by Gasteiger charge is -2.42. The first-order chi connectivity index (χ1) is 12.3. The molecule has 0 aliphatic carbocycles. The topological polar surface area (TPSA) is 89.9 Å². The third-order valence-corrected chi connectivity index (χ3v) is 6.85. The highest BCUT2D eigenvalue weighted by Crippen LogP contribution is 2.38. The van der Waals surface area contributed by atoms with Crippen LogP contribution in [0.1, 0.15) is 52.4 Å². The zero-order chi connectivity index (χ0) is 19.2. The first kappa shape index (κ1) is 20.9. The Kier molecular flexibility index (Phi) is 7.20. The average molecular weight is 384 g/mol. The fourth-order valence-electron chi connectivity index (χ4n) is 3.32. The lowest BCUT2D eigenvalue weighted by Crippen LogP contribution is -2.55. The number of rotatable bonds is 8. The minimum absolute atomic E-state index is 0.0307. The van der Waals surface area contributed by atoms with E-state index in [1.807, 2.05) is 13.8 Å². The molecule has 0 bridgehead atoms. The maximum Gasteiger partial charge on any atom is 0.305 e. The molecule has 0 spiro atoms. The first-order valence-electron chi connectivity index (χ1n) is 9.18. The molecule has 7 heteroatoms. The number of carbonyl (C=O) groups is 1. The molecule has 2 unspecified atom stereocenters. The summed E-state index contributed by atoms with van der Waals surface area (Å²) < 4.78 is 37.0. The lowest BCUT2D eigenvalue weighted by molar-refractivity contribution is -0.260. The van der Waals surface area contributed by atoms with Crippen molar-refractivity contribution >= 4 is 15.8 Å². The largest absolute Gasteiger partial charge is 0.463 e. The summed E-state index contributed by atoms with van der Waals surface area (Å²) in [5.41, 5.74) is 0. The summed E-state index contributed by atoms with van der Waals surface area (Å²) in [7, 11) is -3.74. The molecule has 1 aromatic rings. The molecule has 3 atom stereocenters. The number of sulfone groups is 1. The normalized spacial score (nSPS) is 26.4. The molecule has 0 aromatic heterocycles. The van der Waals surface area contributed by atoms with Gasteiger partial charge < -0.3 is 14.6 Å². The summed E-state index contributed by atoms with van der Waals surface area (Å²) in [5, 5.41) is 9.98. The van der Waals surface area contributed by atoms with Crippen molar-refractivity contribution in [2.75, 3.05) is 6.61 Å². The molecule has 2 rings (SSSR count). The third-order valence-electron chi connectivity index (χ3n) is 4.56. The second-order valence-corrected chi connectivity index (χ2v) is 8.82. The first-order valence-corrected chi connectivity index (χ1v) is 10.7. The maximum absolute atomic E-state index is 13.0. The Bertz CT molecular complexity index is 687. The van der Waals surface area contributed by atoms with Crippen LogP contribution in [0.4, 0.5) is 0 Å². The number of esters is 1. The molecule has 0 amide bonds. The van der Waals surface area contributed by atoms with Gasteiger partial charge in [-0.15, -0.1) is 0 Å². The van der Waals surface area contributed by atoms with E-state index in [-0.39, 0.29) is 30.3 Å². The molecule has 0 saturated carbocycles. The fourth-order valence-corrected chi connectivity index (χ4v) is 5.29. The second kappa shape index (κ2) is 8.97. The average Bonchev–Trinajstić information content (AvgIpc) is 2.61. The van der Waals surface area contributed by atoms with Crippen LogP contribution in [0.2, 0.25) is 0 Å². The summed E-state index contributed by atoms with van der Waals surface area (Å²) in [6.45, 7) is 3.78. The van der Waals surface area contributed by atoms with Gasteiger partial charge in [0.15, 0.2) is 15.6 Å². The molecule has 1 aliphatic rings. The predicted molar refractivity (Wildman–Crippen MR) is 97.2 cm³/mol. The Hall–Kier alpha value is -1.44. The highest BCUT2D eigenvalue weighted by Gasteiger charge is 2.50. The Morgan fingerprint density at radius 3 is 2.54 bits per heavy atom. The Labute approximate surface area is 155 Å². The number of aliphatic hydroxyl groups is 1. The van der Waals surface area contributed by atoms with E-state index in [0.29, 0.717) is 25.7 Å². The van der Waals surface area contributed by atoms with Crippen LogP contribution >= 0.6 is 0 Å². The van der Waals surface area contributed by atoms with Crippen LogP contribution in [0, 0.1) is 0 Å². The summed E-state index contributed by atoms with van der Waals surface area (Å²) in [6.07, 6.45) is 1.95. The highest BCUT2D eigenvalue weighted by molar-refractivity contribution is 7.92. The van der Waals surface area contributed by atoms with Gasteiger partial charge in [-0.2, -0.15) is 0 Å². The third kappa shape index (κ3) is 4.84. The summed E-state index contributed by atoms with van der Waals surface area (Å²) >= 11 is 0. The van der Waals surface area contributed by atoms with Crippen LogP contribution in [0.5, 0.6) is 0 Å². The molecule has 0 radical (unpaired) electrons. The van der Waals surface area contributed by atoms with Crippen molar-refractivity contribution in [3.05, 3.63) is 30.3 Å². The second-order valence-electron chi connectivity index (χ2n) is 6.69. The van der Waals surface area contributed by atoms with E-state index < -0.39 is 27.0 Å². The van der Waals surface area contributed by atoms with Gasteiger partial charge in [-0.3, -0.25) is 4.79 Å². The molecule has 1 aromatic carbocycles. The SMILES string of the molecule is CCCC(=O)OC[C@H]1CCC(S(=O)(=O)c2ccccc2)C(O)(CCC)O1. The quantitative estimate of drug-likeness (QED) is 0.693. The molecule has 1 fully saturated rings. The van der Waals surface area contributed by atoms with E-state index in [9.17, 15) is 18.3 Å². The van der Waals surface area contributed by atoms with E-state index in [0.717, 1.165) is 0 Å². The summed E-state index contributed by atoms with van der Waals surface area (Å²) in [6, 6.07) is 8.12. The van der Waals surface area contributed by atoms with Crippen LogP contribution in [-0.2, 0) is 24.1 Å². The van der Waals surface area contributed by atoms with Crippen molar-refractivity contribution in [3.8, 4) is 0 Å². The number of carbonyl (C=O) groups excluding carboxylic acids is 1. The zero-order valence-corrected chi connectivity index (χ0v) is 16.2. The Morgan fingerprint density at radius 2 is 1.92 bits per heavy atom.